The van der Waals surface area contributed by atoms with Gasteiger partial charge in [-0.05, 0) is 111 Å². The highest BCUT2D eigenvalue weighted by Gasteiger charge is 2.60. The van der Waals surface area contributed by atoms with E-state index in [4.69, 9.17) is 9.84 Å². The van der Waals surface area contributed by atoms with Crippen LogP contribution in [-0.2, 0) is 9.53 Å². The molecule has 0 aromatic rings. The van der Waals surface area contributed by atoms with E-state index in [-0.39, 0.29) is 18.7 Å². The summed E-state index contributed by atoms with van der Waals surface area (Å²) in [7, 11) is 0. The summed E-state index contributed by atoms with van der Waals surface area (Å²) in [6.45, 7) is 9.88. The number of ether oxygens (including phenoxy) is 1. The van der Waals surface area contributed by atoms with Gasteiger partial charge in [0.25, 0.3) is 0 Å². The van der Waals surface area contributed by atoms with Crippen molar-refractivity contribution < 1.29 is 14.6 Å². The molecule has 4 saturated carbocycles. The standard InChI is InChI=1S/C30H50O3/c1-21(2)8-5-6-9-22-12-14-26-25-13-11-23-20-24(33-28(32)10-7-19-31)15-17-30(23,4)27(25)16-18-29(22,26)3/h7,10,21-27,31H,5-6,8-9,11-20H2,1-4H3. The fourth-order valence-electron chi connectivity index (χ4n) is 9.20. The zero-order valence-corrected chi connectivity index (χ0v) is 21.9. The summed E-state index contributed by atoms with van der Waals surface area (Å²) in [4.78, 5) is 12.0. The Morgan fingerprint density at radius 2 is 1.76 bits per heavy atom. The zero-order valence-electron chi connectivity index (χ0n) is 21.9. The molecule has 4 fully saturated rings. The molecule has 3 nitrogen and oxygen atoms in total. The fraction of sp³-hybridized carbons (Fsp3) is 0.900. The summed E-state index contributed by atoms with van der Waals surface area (Å²) in [6, 6.07) is 0. The van der Waals surface area contributed by atoms with E-state index in [1.54, 1.807) is 0 Å². The highest BCUT2D eigenvalue weighted by atomic mass is 16.5. The average Bonchev–Trinajstić information content (AvgIpc) is 3.11. The number of hydrogen-bond acceptors (Lipinski definition) is 3. The van der Waals surface area contributed by atoms with Crippen LogP contribution in [0.25, 0.3) is 0 Å². The Morgan fingerprint density at radius 3 is 2.52 bits per heavy atom. The van der Waals surface area contributed by atoms with Crippen molar-refractivity contribution in [3.63, 3.8) is 0 Å². The second kappa shape index (κ2) is 10.4. The van der Waals surface area contributed by atoms with Crippen LogP contribution in [0.15, 0.2) is 12.2 Å². The zero-order chi connectivity index (χ0) is 23.6. The molecule has 0 aromatic heterocycles. The van der Waals surface area contributed by atoms with Gasteiger partial charge in [0.1, 0.15) is 6.10 Å². The molecule has 3 heteroatoms. The Bertz CT molecular complexity index is 699. The maximum absolute atomic E-state index is 12.0. The van der Waals surface area contributed by atoms with Crippen molar-refractivity contribution in [1.29, 1.82) is 0 Å². The number of rotatable bonds is 8. The van der Waals surface area contributed by atoms with Gasteiger partial charge in [-0.15, -0.1) is 0 Å². The van der Waals surface area contributed by atoms with E-state index in [9.17, 15) is 4.79 Å². The van der Waals surface area contributed by atoms with Crippen LogP contribution in [0.5, 0.6) is 0 Å². The van der Waals surface area contributed by atoms with Crippen molar-refractivity contribution in [2.24, 2.45) is 46.3 Å². The van der Waals surface area contributed by atoms with Crippen LogP contribution < -0.4 is 0 Å². The van der Waals surface area contributed by atoms with Gasteiger partial charge in [-0.25, -0.2) is 4.79 Å². The SMILES string of the molecule is CC(C)CCCCC1CCC2C3CCC4CC(OC(=O)C=CCO)CCC4(C)C3CCC12C. The monoisotopic (exact) mass is 458 g/mol. The van der Waals surface area contributed by atoms with Crippen molar-refractivity contribution in [3.05, 3.63) is 12.2 Å². The molecule has 0 aromatic carbocycles. The highest BCUT2D eigenvalue weighted by Crippen LogP contribution is 2.68. The minimum absolute atomic E-state index is 0.0611. The van der Waals surface area contributed by atoms with Gasteiger partial charge in [-0.1, -0.05) is 53.0 Å². The summed E-state index contributed by atoms with van der Waals surface area (Å²) in [5.41, 5.74) is 1.03. The lowest BCUT2D eigenvalue weighted by molar-refractivity contribution is -0.157. The van der Waals surface area contributed by atoms with E-state index >= 15 is 0 Å². The molecular formula is C30H50O3. The van der Waals surface area contributed by atoms with Gasteiger partial charge in [0.15, 0.2) is 0 Å². The van der Waals surface area contributed by atoms with Crippen LogP contribution in [-0.4, -0.2) is 23.8 Å². The molecule has 4 rings (SSSR count). The van der Waals surface area contributed by atoms with Crippen LogP contribution in [0.4, 0.5) is 0 Å². The average molecular weight is 459 g/mol. The van der Waals surface area contributed by atoms with Gasteiger partial charge in [0, 0.05) is 6.08 Å². The molecule has 8 unspecified atom stereocenters. The first kappa shape index (κ1) is 25.3. The molecule has 4 aliphatic rings. The first-order chi connectivity index (χ1) is 15.8. The van der Waals surface area contributed by atoms with E-state index in [0.29, 0.717) is 16.7 Å². The quantitative estimate of drug-likeness (QED) is 0.235. The third-order valence-electron chi connectivity index (χ3n) is 11.0. The van der Waals surface area contributed by atoms with Crippen molar-refractivity contribution >= 4 is 5.97 Å². The summed E-state index contributed by atoms with van der Waals surface area (Å²) in [5.74, 6) is 4.97. The van der Waals surface area contributed by atoms with Crippen LogP contribution in [0.2, 0.25) is 0 Å². The molecule has 0 spiro atoms. The molecule has 0 aliphatic heterocycles. The molecular weight excluding hydrogens is 408 g/mol. The second-order valence-corrected chi connectivity index (χ2v) is 13.1. The normalized spacial score (nSPS) is 42.7. The van der Waals surface area contributed by atoms with E-state index < -0.39 is 0 Å². The largest absolute Gasteiger partial charge is 0.459 e. The maximum atomic E-state index is 12.0. The maximum Gasteiger partial charge on any atom is 0.330 e. The Kier molecular flexibility index (Phi) is 7.98. The van der Waals surface area contributed by atoms with Crippen LogP contribution >= 0.6 is 0 Å². The van der Waals surface area contributed by atoms with E-state index in [2.05, 4.69) is 27.7 Å². The number of fused-ring (bicyclic) bond motifs is 5. The molecule has 188 valence electrons. The van der Waals surface area contributed by atoms with E-state index in [0.717, 1.165) is 42.4 Å². The van der Waals surface area contributed by atoms with E-state index in [1.165, 1.54) is 82.8 Å². The highest BCUT2D eigenvalue weighted by molar-refractivity contribution is 5.82. The lowest BCUT2D eigenvalue weighted by atomic mass is 9.44. The summed E-state index contributed by atoms with van der Waals surface area (Å²) in [6.07, 6.45) is 20.4. The Labute approximate surface area is 203 Å². The Morgan fingerprint density at radius 1 is 1.00 bits per heavy atom. The van der Waals surface area contributed by atoms with E-state index in [1.807, 2.05) is 0 Å². The molecule has 1 N–H and O–H groups in total. The Hall–Kier alpha value is -0.830. The molecule has 0 radical (unpaired) electrons. The molecule has 8 atom stereocenters. The lowest BCUT2D eigenvalue weighted by Gasteiger charge is -2.61. The minimum atomic E-state index is -0.287. The smallest absolute Gasteiger partial charge is 0.330 e. The molecule has 0 heterocycles. The number of carbonyl (C=O) groups is 1. The third kappa shape index (κ3) is 5.09. The molecule has 0 bridgehead atoms. The second-order valence-electron chi connectivity index (χ2n) is 13.1. The van der Waals surface area contributed by atoms with Gasteiger partial charge < -0.3 is 9.84 Å². The predicted molar refractivity (Wildman–Crippen MR) is 135 cm³/mol. The third-order valence-corrected chi connectivity index (χ3v) is 11.0. The first-order valence-electron chi connectivity index (χ1n) is 14.3. The first-order valence-corrected chi connectivity index (χ1v) is 14.3. The minimum Gasteiger partial charge on any atom is -0.459 e. The predicted octanol–water partition coefficient (Wildman–Crippen LogP) is 7.32. The number of esters is 1. The topological polar surface area (TPSA) is 46.5 Å². The van der Waals surface area contributed by atoms with Crippen LogP contribution in [0, 0.1) is 46.3 Å². The van der Waals surface area contributed by atoms with Gasteiger partial charge in [0.05, 0.1) is 6.61 Å². The van der Waals surface area contributed by atoms with Gasteiger partial charge >= 0.3 is 5.97 Å². The summed E-state index contributed by atoms with van der Waals surface area (Å²) >= 11 is 0. The number of aliphatic hydroxyl groups is 1. The fourth-order valence-corrected chi connectivity index (χ4v) is 9.20. The van der Waals surface area contributed by atoms with Crippen LogP contribution in [0.1, 0.15) is 111 Å². The van der Waals surface area contributed by atoms with Crippen molar-refractivity contribution in [2.45, 2.75) is 117 Å². The molecule has 4 aliphatic carbocycles. The molecule has 33 heavy (non-hydrogen) atoms. The number of carbonyl (C=O) groups excluding carboxylic acids is 1. The van der Waals surface area contributed by atoms with Gasteiger partial charge in [-0.2, -0.15) is 0 Å². The molecule has 0 amide bonds. The van der Waals surface area contributed by atoms with Crippen molar-refractivity contribution in [1.82, 2.24) is 0 Å². The number of unbranched alkanes of at least 4 members (excludes halogenated alkanes) is 1. The summed E-state index contributed by atoms with van der Waals surface area (Å²) in [5, 5.41) is 8.90. The van der Waals surface area contributed by atoms with Crippen LogP contribution in [0.3, 0.4) is 0 Å². The van der Waals surface area contributed by atoms with Crippen molar-refractivity contribution in [3.8, 4) is 0 Å². The van der Waals surface area contributed by atoms with Crippen molar-refractivity contribution in [2.75, 3.05) is 6.61 Å². The van der Waals surface area contributed by atoms with Gasteiger partial charge in [-0.3, -0.25) is 0 Å². The Balaban J connectivity index is 1.36. The molecule has 0 saturated heterocycles. The number of hydrogen-bond donors (Lipinski definition) is 1. The lowest BCUT2D eigenvalue weighted by Crippen LogP contribution is -2.54. The van der Waals surface area contributed by atoms with Gasteiger partial charge in [0.2, 0.25) is 0 Å². The summed E-state index contributed by atoms with van der Waals surface area (Å²) < 4.78 is 5.75. The number of aliphatic hydroxyl groups excluding tert-OH is 1.